The molecule has 1 atom stereocenters. The Bertz CT molecular complexity index is 746. The van der Waals surface area contributed by atoms with Crippen molar-refractivity contribution in [2.45, 2.75) is 25.9 Å². The smallest absolute Gasteiger partial charge is 0.123 e. The predicted molar refractivity (Wildman–Crippen MR) is 82.4 cm³/mol. The zero-order chi connectivity index (χ0) is 14.8. The lowest BCUT2D eigenvalue weighted by atomic mass is 10.0. The van der Waals surface area contributed by atoms with Crippen LogP contribution >= 0.6 is 0 Å². The zero-order valence-corrected chi connectivity index (χ0v) is 12.0. The third-order valence-corrected chi connectivity index (χ3v) is 3.75. The minimum atomic E-state index is -0.244. The Hall–Kier alpha value is -2.20. The Morgan fingerprint density at radius 3 is 2.57 bits per heavy atom. The van der Waals surface area contributed by atoms with Gasteiger partial charge in [0.1, 0.15) is 11.6 Å². The second-order valence-corrected chi connectivity index (χ2v) is 5.12. The van der Waals surface area contributed by atoms with Crippen LogP contribution < -0.4 is 5.73 Å². The van der Waals surface area contributed by atoms with E-state index in [1.54, 1.807) is 12.1 Å². The average molecular weight is 283 g/mol. The van der Waals surface area contributed by atoms with Crippen LogP contribution in [0.15, 0.2) is 48.5 Å². The van der Waals surface area contributed by atoms with Crippen LogP contribution in [0.4, 0.5) is 4.39 Å². The number of aryl methyl sites for hydroxylation is 1. The summed E-state index contributed by atoms with van der Waals surface area (Å²) in [6.45, 7) is 2.95. The Morgan fingerprint density at radius 2 is 1.86 bits per heavy atom. The summed E-state index contributed by atoms with van der Waals surface area (Å²) in [5.74, 6) is 0.724. The van der Waals surface area contributed by atoms with Crippen molar-refractivity contribution >= 4 is 11.0 Å². The quantitative estimate of drug-likeness (QED) is 0.797. The number of benzene rings is 2. The van der Waals surface area contributed by atoms with Crippen LogP contribution in [0.1, 0.15) is 24.4 Å². The maximum atomic E-state index is 13.0. The number of imidazole rings is 1. The van der Waals surface area contributed by atoms with E-state index in [2.05, 4.69) is 22.5 Å². The van der Waals surface area contributed by atoms with Gasteiger partial charge in [-0.3, -0.25) is 0 Å². The molecule has 0 fully saturated rings. The molecule has 0 aliphatic carbocycles. The molecule has 0 spiro atoms. The average Bonchev–Trinajstić information content (AvgIpc) is 2.84. The maximum Gasteiger partial charge on any atom is 0.123 e. The number of hydrogen-bond donors (Lipinski definition) is 1. The fraction of sp³-hybridized carbons (Fsp3) is 0.235. The summed E-state index contributed by atoms with van der Waals surface area (Å²) in [6.07, 6.45) is 0.633. The van der Waals surface area contributed by atoms with Crippen molar-refractivity contribution in [3.05, 3.63) is 65.7 Å². The first-order valence-corrected chi connectivity index (χ1v) is 7.14. The molecule has 3 aromatic rings. The molecular weight excluding hydrogens is 265 g/mol. The highest BCUT2D eigenvalue weighted by Crippen LogP contribution is 2.21. The van der Waals surface area contributed by atoms with E-state index in [1.807, 2.05) is 18.2 Å². The second kappa shape index (κ2) is 5.66. The van der Waals surface area contributed by atoms with Gasteiger partial charge in [-0.25, -0.2) is 9.37 Å². The molecule has 0 bridgehead atoms. The summed E-state index contributed by atoms with van der Waals surface area (Å²) in [5, 5.41) is 0. The first-order valence-electron chi connectivity index (χ1n) is 7.14. The van der Waals surface area contributed by atoms with Gasteiger partial charge in [0.05, 0.1) is 11.0 Å². The number of halogens is 1. The van der Waals surface area contributed by atoms with Crippen LogP contribution in [0.2, 0.25) is 0 Å². The van der Waals surface area contributed by atoms with E-state index < -0.39 is 0 Å². The van der Waals surface area contributed by atoms with Crippen LogP contribution in [0.3, 0.4) is 0 Å². The summed E-state index contributed by atoms with van der Waals surface area (Å²) in [6, 6.07) is 14.2. The van der Waals surface area contributed by atoms with Gasteiger partial charge in [-0.1, -0.05) is 24.3 Å². The molecule has 3 rings (SSSR count). The third kappa shape index (κ3) is 2.67. The molecule has 1 unspecified atom stereocenters. The molecule has 3 nitrogen and oxygen atoms in total. The highest BCUT2D eigenvalue weighted by Gasteiger charge is 2.14. The molecule has 4 heteroatoms. The molecule has 0 saturated heterocycles. The highest BCUT2D eigenvalue weighted by atomic mass is 19.1. The number of hydrogen-bond acceptors (Lipinski definition) is 2. The van der Waals surface area contributed by atoms with Crippen LogP contribution in [-0.4, -0.2) is 9.55 Å². The van der Waals surface area contributed by atoms with Gasteiger partial charge in [-0.2, -0.15) is 0 Å². The molecule has 0 aliphatic heterocycles. The molecular formula is C17H18FN3. The summed E-state index contributed by atoms with van der Waals surface area (Å²) >= 11 is 0. The fourth-order valence-electron chi connectivity index (χ4n) is 2.66. The van der Waals surface area contributed by atoms with Gasteiger partial charge in [-0.05, 0) is 36.8 Å². The van der Waals surface area contributed by atoms with Crippen LogP contribution in [-0.2, 0) is 13.0 Å². The number of para-hydroxylation sites is 2. The molecule has 0 saturated carbocycles. The van der Waals surface area contributed by atoms with Gasteiger partial charge >= 0.3 is 0 Å². The number of nitrogens with zero attached hydrogens (tertiary/aromatic N) is 2. The lowest BCUT2D eigenvalue weighted by Crippen LogP contribution is -2.16. The van der Waals surface area contributed by atoms with Crippen molar-refractivity contribution in [1.82, 2.24) is 9.55 Å². The van der Waals surface area contributed by atoms with Crippen molar-refractivity contribution < 1.29 is 4.39 Å². The first-order chi connectivity index (χ1) is 10.2. The SMILES string of the molecule is CCn1c(CC(N)c2ccc(F)cc2)nc2ccccc21. The third-order valence-electron chi connectivity index (χ3n) is 3.75. The van der Waals surface area contributed by atoms with Crippen LogP contribution in [0, 0.1) is 5.82 Å². The van der Waals surface area contributed by atoms with E-state index in [0.29, 0.717) is 6.42 Å². The molecule has 2 aromatic carbocycles. The second-order valence-electron chi connectivity index (χ2n) is 5.12. The summed E-state index contributed by atoms with van der Waals surface area (Å²) in [4.78, 5) is 4.68. The highest BCUT2D eigenvalue weighted by molar-refractivity contribution is 5.75. The van der Waals surface area contributed by atoms with Gasteiger partial charge in [0, 0.05) is 19.0 Å². The molecule has 1 aromatic heterocycles. The Balaban J connectivity index is 1.92. The van der Waals surface area contributed by atoms with Crippen molar-refractivity contribution in [2.75, 3.05) is 0 Å². The van der Waals surface area contributed by atoms with E-state index in [1.165, 1.54) is 12.1 Å². The lowest BCUT2D eigenvalue weighted by molar-refractivity contribution is 0.618. The van der Waals surface area contributed by atoms with Crippen LogP contribution in [0.5, 0.6) is 0 Å². The molecule has 21 heavy (non-hydrogen) atoms. The fourth-order valence-corrected chi connectivity index (χ4v) is 2.66. The normalized spacial score (nSPS) is 12.7. The molecule has 0 aliphatic rings. The van der Waals surface area contributed by atoms with E-state index in [4.69, 9.17) is 5.73 Å². The van der Waals surface area contributed by atoms with E-state index >= 15 is 0 Å². The van der Waals surface area contributed by atoms with Gasteiger partial charge in [-0.15, -0.1) is 0 Å². The molecule has 1 heterocycles. The minimum Gasteiger partial charge on any atom is -0.328 e. The molecule has 0 radical (unpaired) electrons. The van der Waals surface area contributed by atoms with Gasteiger partial charge in [0.25, 0.3) is 0 Å². The zero-order valence-electron chi connectivity index (χ0n) is 12.0. The lowest BCUT2D eigenvalue weighted by Gasteiger charge is -2.13. The largest absolute Gasteiger partial charge is 0.328 e. The standard InChI is InChI=1S/C17H18FN3/c1-2-21-16-6-4-3-5-15(16)20-17(21)11-14(19)12-7-9-13(18)10-8-12/h3-10,14H,2,11,19H2,1H3. The topological polar surface area (TPSA) is 43.8 Å². The maximum absolute atomic E-state index is 13.0. The molecule has 108 valence electrons. The van der Waals surface area contributed by atoms with E-state index in [9.17, 15) is 4.39 Å². The van der Waals surface area contributed by atoms with Crippen molar-refractivity contribution in [1.29, 1.82) is 0 Å². The summed E-state index contributed by atoms with van der Waals surface area (Å²) in [5.41, 5.74) is 9.28. The minimum absolute atomic E-state index is 0.187. The van der Waals surface area contributed by atoms with Crippen LogP contribution in [0.25, 0.3) is 11.0 Å². The molecule has 0 amide bonds. The number of aromatic nitrogens is 2. The van der Waals surface area contributed by atoms with Crippen molar-refractivity contribution in [2.24, 2.45) is 5.73 Å². The summed E-state index contributed by atoms with van der Waals surface area (Å²) in [7, 11) is 0. The van der Waals surface area contributed by atoms with Gasteiger partial charge in [0.15, 0.2) is 0 Å². The first kappa shape index (κ1) is 13.8. The number of nitrogens with two attached hydrogens (primary N) is 1. The Morgan fingerprint density at radius 1 is 1.14 bits per heavy atom. The van der Waals surface area contributed by atoms with E-state index in [0.717, 1.165) is 29.0 Å². The van der Waals surface area contributed by atoms with Gasteiger partial charge in [0.2, 0.25) is 0 Å². The van der Waals surface area contributed by atoms with Gasteiger partial charge < -0.3 is 10.3 Å². The van der Waals surface area contributed by atoms with E-state index in [-0.39, 0.29) is 11.9 Å². The molecule has 2 N–H and O–H groups in total. The van der Waals surface area contributed by atoms with Crippen molar-refractivity contribution in [3.63, 3.8) is 0 Å². The summed E-state index contributed by atoms with van der Waals surface area (Å²) < 4.78 is 15.2. The predicted octanol–water partition coefficient (Wildman–Crippen LogP) is 3.44. The Kier molecular flexibility index (Phi) is 3.71. The van der Waals surface area contributed by atoms with Crippen molar-refractivity contribution in [3.8, 4) is 0 Å². The number of fused-ring (bicyclic) bond motifs is 1. The monoisotopic (exact) mass is 283 g/mol. The number of rotatable bonds is 4. The Labute approximate surface area is 123 Å².